The Hall–Kier alpha value is -2.66. The highest BCUT2D eigenvalue weighted by Gasteiger charge is 2.17. The molecule has 1 heterocycles. The van der Waals surface area contributed by atoms with Gasteiger partial charge in [-0.1, -0.05) is 33.1 Å². The smallest absolute Gasteiger partial charge is 0.153 e. The fraction of sp³-hybridized carbons (Fsp3) is 0.167. The number of thiophene rings is 1. The van der Waals surface area contributed by atoms with Crippen LogP contribution in [-0.4, -0.2) is 36.8 Å². The first-order chi connectivity index (χ1) is 16.1. The van der Waals surface area contributed by atoms with Gasteiger partial charge in [-0.2, -0.15) is 0 Å². The fourth-order valence-corrected chi connectivity index (χ4v) is 4.56. The van der Waals surface area contributed by atoms with Gasteiger partial charge in [0.05, 0.1) is 18.1 Å². The van der Waals surface area contributed by atoms with Gasteiger partial charge < -0.3 is 19.3 Å². The van der Waals surface area contributed by atoms with E-state index < -0.39 is 0 Å². The number of aromatic hydroxyl groups is 1. The molecule has 33 heavy (non-hydrogen) atoms. The van der Waals surface area contributed by atoms with Crippen LogP contribution in [0.4, 0.5) is 0 Å². The molecule has 2 N–H and O–H groups in total. The summed E-state index contributed by atoms with van der Waals surface area (Å²) >= 11 is 5.05. The lowest BCUT2D eigenvalue weighted by atomic mass is 10.1. The van der Waals surface area contributed by atoms with Gasteiger partial charge in [0.1, 0.15) is 30.5 Å². The molecular formula is C24H21BrO7S. The van der Waals surface area contributed by atoms with E-state index in [1.807, 2.05) is 54.6 Å². The molecule has 0 amide bonds. The average Bonchev–Trinajstić information content (AvgIpc) is 3.17. The third-order valence-corrected chi connectivity index (χ3v) is 6.35. The molecule has 0 saturated heterocycles. The third-order valence-electron chi connectivity index (χ3n) is 4.64. The molecule has 3 aromatic carbocycles. The molecule has 0 unspecified atom stereocenters. The fourth-order valence-electron chi connectivity index (χ4n) is 3.13. The first kappa shape index (κ1) is 23.5. The quantitative estimate of drug-likeness (QED) is 0.127. The minimum atomic E-state index is 0.127. The highest BCUT2D eigenvalue weighted by atomic mass is 79.9. The van der Waals surface area contributed by atoms with Crippen LogP contribution in [0.2, 0.25) is 0 Å². The topological polar surface area (TPSA) is 86.6 Å². The summed E-state index contributed by atoms with van der Waals surface area (Å²) in [6.45, 7) is 1.15. The molecule has 0 atom stereocenters. The molecule has 0 aliphatic carbocycles. The summed E-state index contributed by atoms with van der Waals surface area (Å²) in [5, 5.41) is 22.4. The van der Waals surface area contributed by atoms with Gasteiger partial charge >= 0.3 is 0 Å². The van der Waals surface area contributed by atoms with E-state index in [1.54, 1.807) is 23.5 Å². The zero-order valence-corrected chi connectivity index (χ0v) is 19.8. The Morgan fingerprint density at radius 1 is 0.818 bits per heavy atom. The van der Waals surface area contributed by atoms with Crippen LogP contribution < -0.4 is 9.47 Å². The number of halogens is 1. The second kappa shape index (κ2) is 11.5. The molecule has 172 valence electrons. The van der Waals surface area contributed by atoms with Crippen LogP contribution >= 0.6 is 27.3 Å². The molecule has 0 fully saturated rings. The van der Waals surface area contributed by atoms with Crippen molar-refractivity contribution < 1.29 is 34.5 Å². The second-order valence-electron chi connectivity index (χ2n) is 6.88. The van der Waals surface area contributed by atoms with Crippen molar-refractivity contribution in [2.75, 3.05) is 26.4 Å². The number of phenols is 1. The SMILES string of the molecule is OOOCCOCCOc1ccc(Oc2c(-c3ccc(Br)cc3)sc3cc(O)ccc23)cc1. The zero-order valence-electron chi connectivity index (χ0n) is 17.4. The monoisotopic (exact) mass is 532 g/mol. The maximum atomic E-state index is 9.92. The Kier molecular flexibility index (Phi) is 8.16. The Balaban J connectivity index is 1.47. The van der Waals surface area contributed by atoms with Crippen LogP contribution in [0.15, 0.2) is 71.2 Å². The van der Waals surface area contributed by atoms with Crippen molar-refractivity contribution in [1.82, 2.24) is 0 Å². The Morgan fingerprint density at radius 3 is 2.30 bits per heavy atom. The van der Waals surface area contributed by atoms with Crippen LogP contribution in [0.5, 0.6) is 23.0 Å². The predicted molar refractivity (Wildman–Crippen MR) is 129 cm³/mol. The highest BCUT2D eigenvalue weighted by Crippen LogP contribution is 2.47. The molecule has 7 nitrogen and oxygen atoms in total. The molecule has 0 radical (unpaired) electrons. The predicted octanol–water partition coefficient (Wildman–Crippen LogP) is 6.65. The van der Waals surface area contributed by atoms with E-state index in [1.165, 1.54) is 0 Å². The number of phenolic OH excluding ortho intramolecular Hbond substituents is 1. The molecule has 9 heteroatoms. The summed E-state index contributed by atoms with van der Waals surface area (Å²) in [7, 11) is 0. The van der Waals surface area contributed by atoms with Gasteiger partial charge in [-0.15, -0.1) is 11.3 Å². The number of hydrogen-bond donors (Lipinski definition) is 2. The van der Waals surface area contributed by atoms with E-state index in [9.17, 15) is 5.11 Å². The number of ether oxygens (including phenoxy) is 3. The average molecular weight is 533 g/mol. The summed E-state index contributed by atoms with van der Waals surface area (Å²) in [4.78, 5) is 5.27. The van der Waals surface area contributed by atoms with E-state index in [0.717, 1.165) is 30.7 Å². The Labute approximate surface area is 202 Å². The lowest BCUT2D eigenvalue weighted by Gasteiger charge is -2.10. The van der Waals surface area contributed by atoms with Crippen molar-refractivity contribution in [2.24, 2.45) is 0 Å². The van der Waals surface area contributed by atoms with Crippen LogP contribution in [-0.2, 0) is 14.7 Å². The highest BCUT2D eigenvalue weighted by molar-refractivity contribution is 9.10. The first-order valence-electron chi connectivity index (χ1n) is 10.1. The van der Waals surface area contributed by atoms with Crippen LogP contribution in [0.3, 0.4) is 0 Å². The third kappa shape index (κ3) is 6.23. The summed E-state index contributed by atoms with van der Waals surface area (Å²) < 4.78 is 19.2. The molecule has 4 aromatic rings. The summed E-state index contributed by atoms with van der Waals surface area (Å²) in [5.74, 6) is 2.32. The van der Waals surface area contributed by atoms with Gasteiger partial charge in [0.2, 0.25) is 0 Å². The molecule has 4 rings (SSSR count). The first-order valence-corrected chi connectivity index (χ1v) is 11.7. The van der Waals surface area contributed by atoms with Gasteiger partial charge in [0.25, 0.3) is 0 Å². The number of rotatable bonds is 11. The molecular weight excluding hydrogens is 512 g/mol. The summed E-state index contributed by atoms with van der Waals surface area (Å²) in [6, 6.07) is 20.7. The molecule has 0 saturated carbocycles. The van der Waals surface area contributed by atoms with Gasteiger partial charge in [-0.3, -0.25) is 0 Å². The standard InChI is InChI=1S/C24H21BrO7S/c25-17-3-1-16(2-4-17)24-23(21-10-5-18(26)15-22(21)33-24)31-20-8-6-19(7-9-20)29-13-11-28-12-14-30-32-27/h1-10,15,26-27H,11-14H2. The Morgan fingerprint density at radius 2 is 1.55 bits per heavy atom. The van der Waals surface area contributed by atoms with Crippen molar-refractivity contribution >= 4 is 37.4 Å². The van der Waals surface area contributed by atoms with Gasteiger partial charge in [0, 0.05) is 14.6 Å². The maximum Gasteiger partial charge on any atom is 0.153 e. The summed E-state index contributed by atoms with van der Waals surface area (Å²) in [6.07, 6.45) is 0. The van der Waals surface area contributed by atoms with Gasteiger partial charge in [-0.25, -0.2) is 10.1 Å². The number of benzene rings is 3. The molecule has 0 aliphatic heterocycles. The Bertz CT molecular complexity index is 1180. The van der Waals surface area contributed by atoms with E-state index in [-0.39, 0.29) is 19.0 Å². The maximum absolute atomic E-state index is 9.92. The number of hydrogen-bond acceptors (Lipinski definition) is 8. The van der Waals surface area contributed by atoms with Crippen molar-refractivity contribution in [2.45, 2.75) is 0 Å². The van der Waals surface area contributed by atoms with Crippen molar-refractivity contribution in [3.05, 3.63) is 71.2 Å². The van der Waals surface area contributed by atoms with Crippen LogP contribution in [0, 0.1) is 0 Å². The largest absolute Gasteiger partial charge is 0.508 e. The van der Waals surface area contributed by atoms with E-state index in [4.69, 9.17) is 19.5 Å². The second-order valence-corrected chi connectivity index (χ2v) is 8.85. The molecule has 0 spiro atoms. The van der Waals surface area contributed by atoms with Crippen molar-refractivity contribution in [3.8, 4) is 33.4 Å². The normalized spacial score (nSPS) is 11.1. The van der Waals surface area contributed by atoms with Crippen LogP contribution in [0.25, 0.3) is 20.5 Å². The van der Waals surface area contributed by atoms with E-state index in [0.29, 0.717) is 24.7 Å². The lowest BCUT2D eigenvalue weighted by Crippen LogP contribution is -2.10. The van der Waals surface area contributed by atoms with Crippen LogP contribution in [0.1, 0.15) is 0 Å². The lowest BCUT2D eigenvalue weighted by molar-refractivity contribution is -0.491. The van der Waals surface area contributed by atoms with E-state index in [2.05, 4.69) is 25.9 Å². The van der Waals surface area contributed by atoms with Crippen molar-refractivity contribution in [1.29, 1.82) is 0 Å². The minimum absolute atomic E-state index is 0.127. The zero-order chi connectivity index (χ0) is 23.0. The molecule has 1 aromatic heterocycles. The molecule has 0 aliphatic rings. The summed E-state index contributed by atoms with van der Waals surface area (Å²) in [5.41, 5.74) is 1.03. The molecule has 0 bridgehead atoms. The van der Waals surface area contributed by atoms with E-state index >= 15 is 0 Å². The van der Waals surface area contributed by atoms with Gasteiger partial charge in [-0.05, 0) is 60.2 Å². The van der Waals surface area contributed by atoms with Gasteiger partial charge in [0.15, 0.2) is 5.75 Å². The van der Waals surface area contributed by atoms with Crippen molar-refractivity contribution in [3.63, 3.8) is 0 Å². The minimum Gasteiger partial charge on any atom is -0.508 e. The number of fused-ring (bicyclic) bond motifs is 1.